The molecule has 6 nitrogen and oxygen atoms in total. The lowest BCUT2D eigenvalue weighted by Crippen LogP contribution is -2.13. The summed E-state index contributed by atoms with van der Waals surface area (Å²) >= 11 is 0. The van der Waals surface area contributed by atoms with Crippen molar-refractivity contribution in [2.45, 2.75) is 12.5 Å². The fourth-order valence-corrected chi connectivity index (χ4v) is 1.15. The van der Waals surface area contributed by atoms with E-state index in [4.69, 9.17) is 0 Å². The van der Waals surface area contributed by atoms with Gasteiger partial charge in [-0.1, -0.05) is 11.2 Å². The van der Waals surface area contributed by atoms with Crippen molar-refractivity contribution >= 4 is 0 Å². The third kappa shape index (κ3) is 0.884. The average molecular weight is 167 g/mol. The first kappa shape index (κ1) is 6.96. The molecule has 6 heteroatoms. The monoisotopic (exact) mass is 167 g/mol. The van der Waals surface area contributed by atoms with E-state index in [9.17, 15) is 10.1 Å². The molecule has 1 aliphatic rings. The molecule has 62 valence electrons. The smallest absolute Gasteiger partial charge is 0.263 e. The summed E-state index contributed by atoms with van der Waals surface area (Å²) in [6, 6.07) is -0.889. The molecule has 0 spiro atoms. The van der Waals surface area contributed by atoms with E-state index in [0.29, 0.717) is 17.8 Å². The lowest BCUT2D eigenvalue weighted by Gasteiger charge is -2.04. The summed E-state index contributed by atoms with van der Waals surface area (Å²) in [5, 5.41) is 17.5. The van der Waals surface area contributed by atoms with E-state index >= 15 is 0 Å². The van der Waals surface area contributed by atoms with Crippen LogP contribution in [0, 0.1) is 10.1 Å². The van der Waals surface area contributed by atoms with Crippen LogP contribution in [-0.2, 0) is 6.42 Å². The molecule has 0 amide bonds. The van der Waals surface area contributed by atoms with Gasteiger partial charge in [-0.3, -0.25) is 10.1 Å². The summed E-state index contributed by atoms with van der Waals surface area (Å²) < 4.78 is 4.40. The highest BCUT2D eigenvalue weighted by Crippen LogP contribution is 2.23. The summed E-state index contributed by atoms with van der Waals surface area (Å²) in [6.45, 7) is 0. The second-order valence-electron chi connectivity index (χ2n) is 2.46. The molecule has 1 heterocycles. The van der Waals surface area contributed by atoms with Crippen LogP contribution in [0.5, 0.6) is 0 Å². The molecule has 1 aliphatic carbocycles. The van der Waals surface area contributed by atoms with Crippen LogP contribution < -0.4 is 0 Å². The van der Waals surface area contributed by atoms with Gasteiger partial charge in [-0.05, 0) is 11.2 Å². The van der Waals surface area contributed by atoms with Crippen LogP contribution in [0.3, 0.4) is 0 Å². The molecule has 0 N–H and O–H groups in total. The van der Waals surface area contributed by atoms with Crippen LogP contribution >= 0.6 is 0 Å². The largest absolute Gasteiger partial charge is 0.278 e. The predicted octanol–water partition coefficient (Wildman–Crippen LogP) is 0.500. The quantitative estimate of drug-likeness (QED) is 0.345. The number of hydrogen-bond acceptors (Lipinski definition) is 5. The molecule has 0 saturated carbocycles. The van der Waals surface area contributed by atoms with Gasteiger partial charge in [0.25, 0.3) is 6.04 Å². The van der Waals surface area contributed by atoms with E-state index in [1.807, 2.05) is 0 Å². The van der Waals surface area contributed by atoms with E-state index in [1.54, 1.807) is 6.08 Å². The third-order valence-corrected chi connectivity index (χ3v) is 1.72. The topological polar surface area (TPSA) is 82.1 Å². The lowest BCUT2D eigenvalue weighted by atomic mass is 10.0. The SMILES string of the molecule is O=[N+]([O-])C1C=CCc2nonc21. The van der Waals surface area contributed by atoms with Crippen LogP contribution in [0.2, 0.25) is 0 Å². The van der Waals surface area contributed by atoms with Gasteiger partial charge in [-0.25, -0.2) is 4.63 Å². The maximum atomic E-state index is 10.5. The molecule has 1 atom stereocenters. The number of fused-ring (bicyclic) bond motifs is 1. The Morgan fingerprint density at radius 1 is 1.67 bits per heavy atom. The highest BCUT2D eigenvalue weighted by molar-refractivity contribution is 5.22. The fourth-order valence-electron chi connectivity index (χ4n) is 1.15. The highest BCUT2D eigenvalue weighted by atomic mass is 16.6. The minimum absolute atomic E-state index is 0.322. The van der Waals surface area contributed by atoms with E-state index in [2.05, 4.69) is 14.9 Å². The molecular weight excluding hydrogens is 162 g/mol. The summed E-state index contributed by atoms with van der Waals surface area (Å²) in [5.41, 5.74) is 0.877. The minimum atomic E-state index is -0.889. The van der Waals surface area contributed by atoms with Gasteiger partial charge in [-0.2, -0.15) is 0 Å². The summed E-state index contributed by atoms with van der Waals surface area (Å²) in [4.78, 5) is 10.0. The average Bonchev–Trinajstić information content (AvgIpc) is 2.49. The Balaban J connectivity index is 2.44. The normalized spacial score (nSPS) is 20.5. The first-order chi connectivity index (χ1) is 5.79. The molecule has 12 heavy (non-hydrogen) atoms. The van der Waals surface area contributed by atoms with E-state index in [0.717, 1.165) is 0 Å². The standard InChI is InChI=1S/C6H5N3O3/c10-9(11)5-3-1-2-4-6(5)8-12-7-4/h1,3,5H,2H2. The number of allylic oxidation sites excluding steroid dienone is 1. The second kappa shape index (κ2) is 2.40. The van der Waals surface area contributed by atoms with Crippen molar-refractivity contribution in [1.29, 1.82) is 0 Å². The van der Waals surface area contributed by atoms with Gasteiger partial charge in [0.1, 0.15) is 5.69 Å². The predicted molar refractivity (Wildman–Crippen MR) is 36.9 cm³/mol. The Bertz CT molecular complexity index is 344. The molecule has 0 saturated heterocycles. The number of nitro groups is 1. The molecule has 0 radical (unpaired) electrons. The summed E-state index contributed by atoms with van der Waals surface area (Å²) in [5.74, 6) is 0. The van der Waals surface area contributed by atoms with E-state index in [-0.39, 0.29) is 0 Å². The number of hydrogen-bond donors (Lipinski definition) is 0. The van der Waals surface area contributed by atoms with Crippen molar-refractivity contribution in [1.82, 2.24) is 10.3 Å². The van der Waals surface area contributed by atoms with Crippen molar-refractivity contribution in [3.8, 4) is 0 Å². The molecule has 0 fully saturated rings. The zero-order valence-corrected chi connectivity index (χ0v) is 6.01. The van der Waals surface area contributed by atoms with Gasteiger partial charge >= 0.3 is 0 Å². The first-order valence-electron chi connectivity index (χ1n) is 3.40. The number of rotatable bonds is 1. The van der Waals surface area contributed by atoms with Crippen molar-refractivity contribution in [3.63, 3.8) is 0 Å². The van der Waals surface area contributed by atoms with E-state index < -0.39 is 11.0 Å². The van der Waals surface area contributed by atoms with Gasteiger partial charge in [0.05, 0.1) is 0 Å². The molecular formula is C6H5N3O3. The van der Waals surface area contributed by atoms with Crippen molar-refractivity contribution in [2.75, 3.05) is 0 Å². The third-order valence-electron chi connectivity index (χ3n) is 1.72. The Kier molecular flexibility index (Phi) is 1.39. The lowest BCUT2D eigenvalue weighted by molar-refractivity contribution is -0.516. The fraction of sp³-hybridized carbons (Fsp3) is 0.333. The van der Waals surface area contributed by atoms with Gasteiger partial charge in [0.15, 0.2) is 5.69 Å². The molecule has 2 rings (SSSR count). The molecule has 1 aromatic rings. The van der Waals surface area contributed by atoms with Crippen LogP contribution in [0.4, 0.5) is 0 Å². The first-order valence-corrected chi connectivity index (χ1v) is 3.40. The van der Waals surface area contributed by atoms with Gasteiger partial charge in [0.2, 0.25) is 0 Å². The molecule has 0 bridgehead atoms. The maximum Gasteiger partial charge on any atom is 0.278 e. The molecule has 1 aromatic heterocycles. The van der Waals surface area contributed by atoms with Crippen LogP contribution in [0.1, 0.15) is 17.4 Å². The van der Waals surface area contributed by atoms with Gasteiger partial charge in [-0.15, -0.1) is 0 Å². The Hall–Kier alpha value is -1.72. The molecule has 0 aromatic carbocycles. The zero-order chi connectivity index (χ0) is 8.55. The highest BCUT2D eigenvalue weighted by Gasteiger charge is 2.30. The Morgan fingerprint density at radius 2 is 2.50 bits per heavy atom. The van der Waals surface area contributed by atoms with Crippen molar-refractivity contribution in [2.24, 2.45) is 0 Å². The zero-order valence-electron chi connectivity index (χ0n) is 6.01. The summed E-state index contributed by atoms with van der Waals surface area (Å²) in [7, 11) is 0. The van der Waals surface area contributed by atoms with Crippen molar-refractivity contribution in [3.05, 3.63) is 33.7 Å². The van der Waals surface area contributed by atoms with Crippen molar-refractivity contribution < 1.29 is 9.55 Å². The number of nitrogens with zero attached hydrogens (tertiary/aromatic N) is 3. The van der Waals surface area contributed by atoms with Crippen LogP contribution in [-0.4, -0.2) is 15.2 Å². The molecule has 1 unspecified atom stereocenters. The minimum Gasteiger partial charge on any atom is -0.263 e. The number of aromatic nitrogens is 2. The van der Waals surface area contributed by atoms with E-state index in [1.165, 1.54) is 6.08 Å². The second-order valence-corrected chi connectivity index (χ2v) is 2.46. The molecule has 0 aliphatic heterocycles. The van der Waals surface area contributed by atoms with Gasteiger partial charge in [0, 0.05) is 11.3 Å². The summed E-state index contributed by atoms with van der Waals surface area (Å²) in [6.07, 6.45) is 3.75. The Labute approximate surface area is 67.0 Å². The van der Waals surface area contributed by atoms with Crippen LogP contribution in [0.25, 0.3) is 0 Å². The van der Waals surface area contributed by atoms with Crippen LogP contribution in [0.15, 0.2) is 16.8 Å². The maximum absolute atomic E-state index is 10.5. The Morgan fingerprint density at radius 3 is 3.25 bits per heavy atom. The van der Waals surface area contributed by atoms with Gasteiger partial charge < -0.3 is 0 Å².